The molecule has 0 saturated carbocycles. The Kier molecular flexibility index (Phi) is 5.47. The highest BCUT2D eigenvalue weighted by atomic mass is 35.5. The average Bonchev–Trinajstić information content (AvgIpc) is 3.07. The lowest BCUT2D eigenvalue weighted by Crippen LogP contribution is -2.41. The molecule has 2 aromatic rings. The molecule has 1 aliphatic rings. The number of carbonyl (C=O) groups excluding carboxylic acids is 1. The van der Waals surface area contributed by atoms with Gasteiger partial charge in [0.2, 0.25) is 5.60 Å². The first-order chi connectivity index (χ1) is 14.3. The number of esters is 1. The normalized spacial score (nSPS) is 18.5. The molecule has 1 atom stereocenters. The highest BCUT2D eigenvalue weighted by molar-refractivity contribution is 6.34. The maximum atomic E-state index is 14.6. The zero-order chi connectivity index (χ0) is 23.3. The summed E-state index contributed by atoms with van der Waals surface area (Å²) < 4.78 is 58.8. The molecule has 0 aliphatic carbocycles. The van der Waals surface area contributed by atoms with E-state index in [4.69, 9.17) is 16.4 Å². The van der Waals surface area contributed by atoms with Gasteiger partial charge in [0.25, 0.3) is 5.56 Å². The quantitative estimate of drug-likeness (QED) is 0.515. The van der Waals surface area contributed by atoms with Crippen LogP contribution < -0.4 is 11.2 Å². The highest BCUT2D eigenvalue weighted by Gasteiger charge is 2.44. The summed E-state index contributed by atoms with van der Waals surface area (Å²) in [5.74, 6) is -1.87. The Labute approximate surface area is 176 Å². The van der Waals surface area contributed by atoms with Crippen LogP contribution in [0, 0.1) is 5.82 Å². The third kappa shape index (κ3) is 3.82. The molecule has 31 heavy (non-hydrogen) atoms. The SMILES string of the molecule is COC(=O)C1(C)CC(c2cc(-n3c(=O)cc(C(F)(F)F)n(C)c3=O)c(F)cc2Cl)=NO1. The van der Waals surface area contributed by atoms with Crippen LogP contribution in [0.1, 0.15) is 24.6 Å². The lowest BCUT2D eigenvalue weighted by Gasteiger charge is -2.18. The number of hydrogen-bond donors (Lipinski definition) is 0. The van der Waals surface area contributed by atoms with Gasteiger partial charge in [-0.2, -0.15) is 13.2 Å². The first-order valence-electron chi connectivity index (χ1n) is 8.53. The third-order valence-corrected chi connectivity index (χ3v) is 4.99. The number of ether oxygens (including phenoxy) is 1. The predicted octanol–water partition coefficient (Wildman–Crippen LogP) is 2.40. The van der Waals surface area contributed by atoms with Crippen LogP contribution in [0.2, 0.25) is 5.02 Å². The molecule has 0 amide bonds. The minimum atomic E-state index is -4.97. The Balaban J connectivity index is 2.17. The fourth-order valence-corrected chi connectivity index (χ4v) is 3.32. The maximum absolute atomic E-state index is 14.6. The second kappa shape index (κ2) is 7.52. The Morgan fingerprint density at radius 1 is 1.29 bits per heavy atom. The van der Waals surface area contributed by atoms with Crippen molar-refractivity contribution in [1.82, 2.24) is 9.13 Å². The van der Waals surface area contributed by atoms with E-state index < -0.39 is 46.2 Å². The maximum Gasteiger partial charge on any atom is 0.431 e. The van der Waals surface area contributed by atoms with Crippen molar-refractivity contribution in [2.75, 3.05) is 7.11 Å². The number of alkyl halides is 3. The Morgan fingerprint density at radius 2 is 1.94 bits per heavy atom. The van der Waals surface area contributed by atoms with Gasteiger partial charge in [-0.1, -0.05) is 16.8 Å². The number of benzene rings is 1. The van der Waals surface area contributed by atoms with Crippen molar-refractivity contribution in [1.29, 1.82) is 0 Å². The van der Waals surface area contributed by atoms with Crippen molar-refractivity contribution in [2.24, 2.45) is 12.2 Å². The largest absolute Gasteiger partial charge is 0.466 e. The van der Waals surface area contributed by atoms with E-state index >= 15 is 0 Å². The van der Waals surface area contributed by atoms with Gasteiger partial charge < -0.3 is 9.57 Å². The number of nitrogens with zero attached hydrogens (tertiary/aromatic N) is 3. The Hall–Kier alpha value is -3.15. The standard InChI is InChI=1S/C18H14ClF4N3O5/c1-17(15(28)30-3)7-11(24-31-17)8-4-12(10(20)5-9(8)19)26-14(27)6-13(18(21,22)23)25(2)16(26)29/h4-6H,7H2,1-3H3. The Morgan fingerprint density at radius 3 is 2.52 bits per heavy atom. The number of oxime groups is 1. The van der Waals surface area contributed by atoms with Crippen molar-refractivity contribution in [2.45, 2.75) is 25.1 Å². The topological polar surface area (TPSA) is 91.9 Å². The summed E-state index contributed by atoms with van der Waals surface area (Å²) in [4.78, 5) is 41.8. The molecule has 0 spiro atoms. The number of rotatable bonds is 3. The Bertz CT molecular complexity index is 1230. The summed E-state index contributed by atoms with van der Waals surface area (Å²) in [7, 11) is 1.94. The van der Waals surface area contributed by atoms with Crippen molar-refractivity contribution in [3.05, 3.63) is 61.1 Å². The van der Waals surface area contributed by atoms with Gasteiger partial charge in [0.15, 0.2) is 0 Å². The minimum Gasteiger partial charge on any atom is -0.466 e. The number of aromatic nitrogens is 2. The van der Waals surface area contributed by atoms with E-state index in [0.29, 0.717) is 0 Å². The van der Waals surface area contributed by atoms with Gasteiger partial charge in [-0.3, -0.25) is 9.36 Å². The van der Waals surface area contributed by atoms with E-state index in [1.807, 2.05) is 0 Å². The van der Waals surface area contributed by atoms with Crippen LogP contribution in [0.25, 0.3) is 5.69 Å². The van der Waals surface area contributed by atoms with E-state index in [1.165, 1.54) is 6.92 Å². The monoisotopic (exact) mass is 463 g/mol. The van der Waals surface area contributed by atoms with Crippen LogP contribution in [0.5, 0.6) is 0 Å². The molecule has 0 N–H and O–H groups in total. The van der Waals surface area contributed by atoms with Gasteiger partial charge in [0.1, 0.15) is 11.5 Å². The van der Waals surface area contributed by atoms with Crippen molar-refractivity contribution >= 4 is 23.3 Å². The smallest absolute Gasteiger partial charge is 0.431 e. The van der Waals surface area contributed by atoms with Crippen LogP contribution in [0.15, 0.2) is 32.9 Å². The lowest BCUT2D eigenvalue weighted by atomic mass is 9.95. The molecular formula is C18H14ClF4N3O5. The zero-order valence-electron chi connectivity index (χ0n) is 16.2. The molecule has 0 radical (unpaired) electrons. The summed E-state index contributed by atoms with van der Waals surface area (Å²) in [6.45, 7) is 1.39. The van der Waals surface area contributed by atoms with Gasteiger partial charge in [-0.25, -0.2) is 18.5 Å². The molecule has 1 aliphatic heterocycles. The molecule has 0 saturated heterocycles. The highest BCUT2D eigenvalue weighted by Crippen LogP contribution is 2.32. The molecule has 1 aromatic heterocycles. The van der Waals surface area contributed by atoms with Gasteiger partial charge in [-0.15, -0.1) is 0 Å². The zero-order valence-corrected chi connectivity index (χ0v) is 17.0. The molecule has 8 nitrogen and oxygen atoms in total. The van der Waals surface area contributed by atoms with Crippen molar-refractivity contribution < 1.29 is 31.9 Å². The summed E-state index contributed by atoms with van der Waals surface area (Å²) in [6, 6.07) is 1.92. The van der Waals surface area contributed by atoms with Gasteiger partial charge in [0.05, 0.1) is 23.5 Å². The summed E-state index contributed by atoms with van der Waals surface area (Å²) >= 11 is 6.06. The van der Waals surface area contributed by atoms with Crippen LogP contribution in [-0.4, -0.2) is 33.5 Å². The molecule has 3 rings (SSSR count). The number of carbonyl (C=O) groups is 1. The van der Waals surface area contributed by atoms with Gasteiger partial charge in [0, 0.05) is 25.1 Å². The van der Waals surface area contributed by atoms with Crippen molar-refractivity contribution in [3.8, 4) is 5.69 Å². The molecule has 13 heteroatoms. The average molecular weight is 464 g/mol. The summed E-state index contributed by atoms with van der Waals surface area (Å²) in [5, 5.41) is 3.57. The minimum absolute atomic E-state index is 0.0135. The van der Waals surface area contributed by atoms with E-state index in [0.717, 1.165) is 26.3 Å². The fourth-order valence-electron chi connectivity index (χ4n) is 3.06. The van der Waals surface area contributed by atoms with Gasteiger partial charge >= 0.3 is 17.8 Å². The number of halogens is 5. The first-order valence-corrected chi connectivity index (χ1v) is 8.91. The molecule has 1 unspecified atom stereocenters. The molecule has 2 heterocycles. The molecular weight excluding hydrogens is 450 g/mol. The van der Waals surface area contributed by atoms with Crippen molar-refractivity contribution in [3.63, 3.8) is 0 Å². The van der Waals surface area contributed by atoms with E-state index in [1.54, 1.807) is 0 Å². The van der Waals surface area contributed by atoms with Crippen LogP contribution in [-0.2, 0) is 27.6 Å². The van der Waals surface area contributed by atoms with Gasteiger partial charge in [-0.05, 0) is 19.1 Å². The summed E-state index contributed by atoms with van der Waals surface area (Å²) in [6.07, 6.45) is -5.10. The number of methoxy groups -OCH3 is 1. The van der Waals surface area contributed by atoms with Crippen LogP contribution >= 0.6 is 11.6 Å². The summed E-state index contributed by atoms with van der Waals surface area (Å²) in [5.41, 5.74) is -6.34. The van der Waals surface area contributed by atoms with E-state index in [2.05, 4.69) is 9.89 Å². The molecule has 0 fully saturated rings. The van der Waals surface area contributed by atoms with E-state index in [9.17, 15) is 31.9 Å². The van der Waals surface area contributed by atoms with Crippen LogP contribution in [0.3, 0.4) is 0 Å². The third-order valence-electron chi connectivity index (χ3n) is 4.68. The molecule has 1 aromatic carbocycles. The van der Waals surface area contributed by atoms with E-state index in [-0.39, 0.29) is 37.9 Å². The predicted molar refractivity (Wildman–Crippen MR) is 99.9 cm³/mol. The van der Waals surface area contributed by atoms with Crippen LogP contribution in [0.4, 0.5) is 17.6 Å². The lowest BCUT2D eigenvalue weighted by molar-refractivity contribution is -0.164. The molecule has 0 bridgehead atoms. The first kappa shape index (κ1) is 22.5. The number of hydrogen-bond acceptors (Lipinski definition) is 6. The second-order valence-corrected chi connectivity index (χ2v) is 7.26. The molecule has 166 valence electrons. The second-order valence-electron chi connectivity index (χ2n) is 6.85. The fraction of sp³-hybridized carbons (Fsp3) is 0.333.